The van der Waals surface area contributed by atoms with Gasteiger partial charge in [-0.2, -0.15) is 9.29 Å². The molecule has 0 amide bonds. The predicted octanol–water partition coefficient (Wildman–Crippen LogP) is 3.89. The van der Waals surface area contributed by atoms with Gasteiger partial charge in [-0.3, -0.25) is 0 Å². The molecule has 1 saturated heterocycles. The Morgan fingerprint density at radius 3 is 2.41 bits per heavy atom. The molecule has 1 aliphatic rings. The number of aryl methyl sites for hydroxylation is 1. The number of nitrogens with zero attached hydrogens (tertiary/aromatic N) is 3. The second-order valence-corrected chi connectivity index (χ2v) is 8.66. The van der Waals surface area contributed by atoms with E-state index in [4.69, 9.17) is 4.52 Å². The van der Waals surface area contributed by atoms with Crippen molar-refractivity contribution in [2.24, 2.45) is 0 Å². The normalized spacial score (nSPS) is 15.7. The lowest BCUT2D eigenvalue weighted by atomic mass is 10.1. The number of hydrogen-bond donors (Lipinski definition) is 0. The van der Waals surface area contributed by atoms with Crippen molar-refractivity contribution < 1.29 is 12.9 Å². The number of hydrogen-bond acceptors (Lipinski definition) is 5. The molecule has 0 N–H and O–H groups in total. The van der Waals surface area contributed by atoms with Gasteiger partial charge in [0.25, 0.3) is 5.89 Å². The molecule has 140 valence electrons. The van der Waals surface area contributed by atoms with E-state index in [1.807, 2.05) is 31.2 Å². The summed E-state index contributed by atoms with van der Waals surface area (Å²) in [5.41, 5.74) is 2.40. The van der Waals surface area contributed by atoms with Crippen molar-refractivity contribution >= 4 is 10.0 Å². The highest BCUT2D eigenvalue weighted by Crippen LogP contribution is 2.31. The largest absolute Gasteiger partial charge is 0.334 e. The third-order valence-corrected chi connectivity index (χ3v) is 6.74. The molecular weight excluding hydrogens is 362 g/mol. The number of benzene rings is 2. The molecule has 1 aliphatic heterocycles. The van der Waals surface area contributed by atoms with Gasteiger partial charge in [0.2, 0.25) is 15.8 Å². The Bertz CT molecular complexity index is 1040. The summed E-state index contributed by atoms with van der Waals surface area (Å²) in [7, 11) is -3.60. The highest BCUT2D eigenvalue weighted by Gasteiger charge is 2.29. The van der Waals surface area contributed by atoms with Crippen molar-refractivity contribution in [2.45, 2.75) is 31.1 Å². The van der Waals surface area contributed by atoms with Crippen LogP contribution in [-0.4, -0.2) is 36.0 Å². The molecule has 1 fully saturated rings. The van der Waals surface area contributed by atoms with E-state index in [1.165, 1.54) is 0 Å². The number of sulfonamides is 1. The lowest BCUT2D eigenvalue weighted by Crippen LogP contribution is -2.35. The maximum absolute atomic E-state index is 13.1. The van der Waals surface area contributed by atoms with Crippen LogP contribution < -0.4 is 0 Å². The highest BCUT2D eigenvalue weighted by atomic mass is 32.2. The first-order valence-electron chi connectivity index (χ1n) is 9.06. The predicted molar refractivity (Wildman–Crippen MR) is 103 cm³/mol. The molecule has 27 heavy (non-hydrogen) atoms. The Kier molecular flexibility index (Phi) is 4.80. The molecule has 0 aliphatic carbocycles. The summed E-state index contributed by atoms with van der Waals surface area (Å²) in [5, 5.41) is 4.03. The van der Waals surface area contributed by atoms with Crippen molar-refractivity contribution in [3.8, 4) is 22.8 Å². The van der Waals surface area contributed by atoms with Gasteiger partial charge in [0, 0.05) is 18.7 Å². The maximum Gasteiger partial charge on any atom is 0.259 e. The fraction of sp³-hybridized carbons (Fsp3) is 0.300. The van der Waals surface area contributed by atoms with Crippen LogP contribution in [0.3, 0.4) is 0 Å². The quantitative estimate of drug-likeness (QED) is 0.683. The molecule has 1 aromatic heterocycles. The van der Waals surface area contributed by atoms with Gasteiger partial charge >= 0.3 is 0 Å². The number of piperidine rings is 1. The summed E-state index contributed by atoms with van der Waals surface area (Å²) in [5.74, 6) is 0.650. The van der Waals surface area contributed by atoms with Crippen LogP contribution in [0.1, 0.15) is 24.8 Å². The molecule has 4 rings (SSSR count). The van der Waals surface area contributed by atoms with E-state index in [0.29, 0.717) is 24.5 Å². The first kappa shape index (κ1) is 17.9. The minimum Gasteiger partial charge on any atom is -0.334 e. The molecule has 0 bridgehead atoms. The Morgan fingerprint density at radius 1 is 0.963 bits per heavy atom. The maximum atomic E-state index is 13.1. The Morgan fingerprint density at radius 2 is 1.67 bits per heavy atom. The fourth-order valence-electron chi connectivity index (χ4n) is 3.27. The Labute approximate surface area is 158 Å². The van der Waals surface area contributed by atoms with Gasteiger partial charge in [0.05, 0.1) is 10.5 Å². The first-order valence-corrected chi connectivity index (χ1v) is 10.5. The molecule has 3 aromatic rings. The zero-order valence-corrected chi connectivity index (χ0v) is 15.9. The summed E-state index contributed by atoms with van der Waals surface area (Å²) in [6.45, 7) is 3.11. The lowest BCUT2D eigenvalue weighted by molar-refractivity contribution is 0.346. The molecule has 0 radical (unpaired) electrons. The topological polar surface area (TPSA) is 76.3 Å². The molecule has 0 atom stereocenters. The molecular formula is C20H21N3O3S. The average Bonchev–Trinajstić information content (AvgIpc) is 3.19. The highest BCUT2D eigenvalue weighted by molar-refractivity contribution is 7.89. The minimum atomic E-state index is -3.60. The van der Waals surface area contributed by atoms with Gasteiger partial charge in [-0.25, -0.2) is 8.42 Å². The van der Waals surface area contributed by atoms with Gasteiger partial charge in [0.1, 0.15) is 0 Å². The van der Waals surface area contributed by atoms with Crippen LogP contribution >= 0.6 is 0 Å². The molecule has 0 unspecified atom stereocenters. The standard InChI is InChI=1S/C20H21N3O3S/c1-15-9-11-16(12-10-15)19-21-20(26-22-19)17-7-3-4-8-18(17)27(24,25)23-13-5-2-6-14-23/h3-4,7-12H,2,5-6,13-14H2,1H3. The third kappa shape index (κ3) is 3.52. The van der Waals surface area contributed by atoms with E-state index in [-0.39, 0.29) is 10.8 Å². The van der Waals surface area contributed by atoms with Gasteiger partial charge < -0.3 is 4.52 Å². The van der Waals surface area contributed by atoms with Crippen LogP contribution in [0.5, 0.6) is 0 Å². The van der Waals surface area contributed by atoms with Crippen LogP contribution in [0, 0.1) is 6.92 Å². The van der Waals surface area contributed by atoms with Crippen LogP contribution in [-0.2, 0) is 10.0 Å². The smallest absolute Gasteiger partial charge is 0.259 e. The van der Waals surface area contributed by atoms with Gasteiger partial charge in [0.15, 0.2) is 0 Å². The summed E-state index contributed by atoms with van der Waals surface area (Å²) < 4.78 is 33.2. The first-order chi connectivity index (χ1) is 13.1. The molecule has 0 spiro atoms. The van der Waals surface area contributed by atoms with E-state index in [9.17, 15) is 8.42 Å². The summed E-state index contributed by atoms with van der Waals surface area (Å²) in [6.07, 6.45) is 2.84. The van der Waals surface area contributed by atoms with E-state index < -0.39 is 10.0 Å². The zero-order valence-electron chi connectivity index (χ0n) is 15.1. The van der Waals surface area contributed by atoms with Crippen molar-refractivity contribution in [2.75, 3.05) is 13.1 Å². The zero-order chi connectivity index (χ0) is 18.9. The van der Waals surface area contributed by atoms with Crippen LogP contribution in [0.15, 0.2) is 57.9 Å². The summed E-state index contributed by atoms with van der Waals surface area (Å²) in [6, 6.07) is 14.6. The van der Waals surface area contributed by atoms with Gasteiger partial charge in [-0.15, -0.1) is 0 Å². The van der Waals surface area contributed by atoms with Crippen LogP contribution in [0.4, 0.5) is 0 Å². The molecule has 7 heteroatoms. The van der Waals surface area contributed by atoms with Crippen LogP contribution in [0.2, 0.25) is 0 Å². The number of rotatable bonds is 4. The molecule has 0 saturated carbocycles. The average molecular weight is 383 g/mol. The second-order valence-electron chi connectivity index (χ2n) is 6.75. The SMILES string of the molecule is Cc1ccc(-c2noc(-c3ccccc3S(=O)(=O)N3CCCCC3)n2)cc1. The van der Waals surface area contributed by atoms with E-state index in [1.54, 1.807) is 28.6 Å². The van der Waals surface area contributed by atoms with Gasteiger partial charge in [-0.05, 0) is 31.9 Å². The monoisotopic (exact) mass is 383 g/mol. The molecule has 2 aromatic carbocycles. The second kappa shape index (κ2) is 7.25. The molecule has 2 heterocycles. The molecule has 6 nitrogen and oxygen atoms in total. The Hall–Kier alpha value is -2.51. The Balaban J connectivity index is 1.72. The van der Waals surface area contributed by atoms with E-state index in [2.05, 4.69) is 10.1 Å². The lowest BCUT2D eigenvalue weighted by Gasteiger charge is -2.26. The number of aromatic nitrogens is 2. The van der Waals surface area contributed by atoms with Crippen molar-refractivity contribution in [1.29, 1.82) is 0 Å². The third-order valence-electron chi connectivity index (χ3n) is 4.79. The fourth-order valence-corrected chi connectivity index (χ4v) is 4.97. The summed E-state index contributed by atoms with van der Waals surface area (Å²) >= 11 is 0. The van der Waals surface area contributed by atoms with E-state index >= 15 is 0 Å². The van der Waals surface area contributed by atoms with Crippen molar-refractivity contribution in [3.05, 3.63) is 54.1 Å². The van der Waals surface area contributed by atoms with Gasteiger partial charge in [-0.1, -0.05) is 53.5 Å². The van der Waals surface area contributed by atoms with E-state index in [0.717, 1.165) is 30.4 Å². The van der Waals surface area contributed by atoms with Crippen LogP contribution in [0.25, 0.3) is 22.8 Å². The summed E-state index contributed by atoms with van der Waals surface area (Å²) in [4.78, 5) is 4.65. The minimum absolute atomic E-state index is 0.210. The van der Waals surface area contributed by atoms with Crippen molar-refractivity contribution in [1.82, 2.24) is 14.4 Å². The van der Waals surface area contributed by atoms with Crippen molar-refractivity contribution in [3.63, 3.8) is 0 Å².